The molecule has 1 aromatic carbocycles. The molecule has 1 aromatic heterocycles. The Morgan fingerprint density at radius 1 is 1.19 bits per heavy atom. The predicted molar refractivity (Wildman–Crippen MR) is 133 cm³/mol. The molecule has 1 N–H and O–H groups in total. The average Bonchev–Trinajstić information content (AvgIpc) is 2.82. The number of nitrogens with one attached hydrogen (secondary N) is 1. The molecule has 0 radical (unpaired) electrons. The molecule has 36 heavy (non-hydrogen) atoms. The number of carbonyl (C=O) groups excluding carboxylic acids is 1. The van der Waals surface area contributed by atoms with E-state index >= 15 is 0 Å². The van der Waals surface area contributed by atoms with Crippen LogP contribution in [-0.4, -0.2) is 60.4 Å². The van der Waals surface area contributed by atoms with E-state index in [2.05, 4.69) is 15.3 Å². The van der Waals surface area contributed by atoms with Crippen molar-refractivity contribution in [2.45, 2.75) is 75.0 Å². The Kier molecular flexibility index (Phi) is 8.28. The zero-order valence-electron chi connectivity index (χ0n) is 20.7. The number of benzene rings is 1. The van der Waals surface area contributed by atoms with Gasteiger partial charge in [-0.25, -0.2) is 27.6 Å². The van der Waals surface area contributed by atoms with Crippen molar-refractivity contribution in [2.75, 3.05) is 25.0 Å². The third-order valence-corrected chi connectivity index (χ3v) is 9.01. The summed E-state index contributed by atoms with van der Waals surface area (Å²) in [5, 5.41) is 2.51. The van der Waals surface area contributed by atoms with E-state index < -0.39 is 20.9 Å². The molecular weight excluding hydrogens is 487 g/mol. The number of piperidine rings is 1. The Hall–Kier alpha value is -2.95. The number of unbranched alkanes of at least 4 members (excludes halogenated alkanes) is 1. The standard InChI is InChI=1S/C25H33FN4O5S/c1-3-4-14-34-25(31)30-12-10-18(11-13-30)35-24-17(2)23(27-16-28-24)29-22-9-8-20(15-21(22)26)36(32,33)19-6-5-7-19/h8-9,15-16,18-19H,3-7,10-14H2,1-2H3,(H,27,28,29). The van der Waals surface area contributed by atoms with Crippen molar-refractivity contribution in [3.8, 4) is 5.88 Å². The molecule has 0 spiro atoms. The van der Waals surface area contributed by atoms with Crippen LogP contribution in [0, 0.1) is 12.7 Å². The van der Waals surface area contributed by atoms with E-state index in [4.69, 9.17) is 9.47 Å². The van der Waals surface area contributed by atoms with Crippen LogP contribution in [0.3, 0.4) is 0 Å². The summed E-state index contributed by atoms with van der Waals surface area (Å²) >= 11 is 0. The van der Waals surface area contributed by atoms with Crippen molar-refractivity contribution in [2.24, 2.45) is 0 Å². The summed E-state index contributed by atoms with van der Waals surface area (Å²) in [5.41, 5.74) is 0.717. The summed E-state index contributed by atoms with van der Waals surface area (Å²) in [5.74, 6) is 0.0700. The number of aromatic nitrogens is 2. The van der Waals surface area contributed by atoms with Crippen LogP contribution in [0.5, 0.6) is 5.88 Å². The topological polar surface area (TPSA) is 111 Å². The smallest absolute Gasteiger partial charge is 0.409 e. The predicted octanol–water partition coefficient (Wildman–Crippen LogP) is 4.77. The van der Waals surface area contributed by atoms with Crippen LogP contribution in [0.1, 0.15) is 57.4 Å². The van der Waals surface area contributed by atoms with Gasteiger partial charge in [0.1, 0.15) is 24.1 Å². The number of hydrogen-bond acceptors (Lipinski definition) is 8. The van der Waals surface area contributed by atoms with Gasteiger partial charge in [-0.2, -0.15) is 0 Å². The molecule has 4 rings (SSSR count). The van der Waals surface area contributed by atoms with Gasteiger partial charge in [-0.15, -0.1) is 0 Å². The highest BCUT2D eigenvalue weighted by Crippen LogP contribution is 2.33. The first kappa shape index (κ1) is 26.1. The molecule has 2 heterocycles. The highest BCUT2D eigenvalue weighted by Gasteiger charge is 2.33. The van der Waals surface area contributed by atoms with Crippen LogP contribution in [0.4, 0.5) is 20.7 Å². The molecule has 0 atom stereocenters. The first-order valence-electron chi connectivity index (χ1n) is 12.5. The maximum absolute atomic E-state index is 14.8. The number of amides is 1. The highest BCUT2D eigenvalue weighted by molar-refractivity contribution is 7.92. The van der Waals surface area contributed by atoms with Gasteiger partial charge in [-0.1, -0.05) is 19.8 Å². The van der Waals surface area contributed by atoms with Crippen LogP contribution < -0.4 is 10.1 Å². The largest absolute Gasteiger partial charge is 0.474 e. The van der Waals surface area contributed by atoms with Gasteiger partial charge in [-0.05, 0) is 44.4 Å². The Labute approximate surface area is 211 Å². The molecule has 2 aliphatic rings. The van der Waals surface area contributed by atoms with Gasteiger partial charge in [0.2, 0.25) is 5.88 Å². The minimum atomic E-state index is -3.51. The number of anilines is 2. The van der Waals surface area contributed by atoms with Gasteiger partial charge in [0.15, 0.2) is 9.84 Å². The molecule has 1 aliphatic carbocycles. The number of sulfone groups is 1. The molecule has 9 nitrogen and oxygen atoms in total. The summed E-state index contributed by atoms with van der Waals surface area (Å²) in [6.07, 6.45) is 6.14. The fraction of sp³-hybridized carbons (Fsp3) is 0.560. The van der Waals surface area contributed by atoms with E-state index in [1.807, 2.05) is 6.92 Å². The lowest BCUT2D eigenvalue weighted by atomic mass is 10.00. The molecule has 0 unspecified atom stereocenters. The van der Waals surface area contributed by atoms with Gasteiger partial charge < -0.3 is 19.7 Å². The summed E-state index contributed by atoms with van der Waals surface area (Å²) in [4.78, 5) is 22.3. The Morgan fingerprint density at radius 3 is 2.58 bits per heavy atom. The molecule has 1 saturated carbocycles. The molecule has 2 fully saturated rings. The molecule has 1 aliphatic heterocycles. The van der Waals surface area contributed by atoms with Gasteiger partial charge in [0.25, 0.3) is 0 Å². The van der Waals surface area contributed by atoms with Crippen LogP contribution in [0.2, 0.25) is 0 Å². The van der Waals surface area contributed by atoms with E-state index in [-0.39, 0.29) is 22.8 Å². The Morgan fingerprint density at radius 2 is 1.94 bits per heavy atom. The van der Waals surface area contributed by atoms with Crippen LogP contribution in [0.15, 0.2) is 29.4 Å². The van der Waals surface area contributed by atoms with Crippen molar-refractivity contribution in [1.82, 2.24) is 14.9 Å². The van der Waals surface area contributed by atoms with Crippen LogP contribution >= 0.6 is 0 Å². The van der Waals surface area contributed by atoms with Crippen molar-refractivity contribution < 1.29 is 27.1 Å². The highest BCUT2D eigenvalue weighted by atomic mass is 32.2. The molecule has 0 bridgehead atoms. The second-order valence-corrected chi connectivity index (χ2v) is 11.5. The van der Waals surface area contributed by atoms with Gasteiger partial charge in [-0.3, -0.25) is 0 Å². The maximum Gasteiger partial charge on any atom is 0.409 e. The number of nitrogens with zero attached hydrogens (tertiary/aromatic N) is 3. The lowest BCUT2D eigenvalue weighted by Crippen LogP contribution is -2.42. The Bertz CT molecular complexity index is 1180. The molecule has 196 valence electrons. The van der Waals surface area contributed by atoms with E-state index in [0.29, 0.717) is 62.6 Å². The number of ether oxygens (including phenoxy) is 2. The average molecular weight is 521 g/mol. The number of carbonyl (C=O) groups is 1. The molecule has 11 heteroatoms. The molecule has 2 aromatic rings. The second-order valence-electron chi connectivity index (χ2n) is 9.29. The number of hydrogen-bond donors (Lipinski definition) is 1. The first-order valence-corrected chi connectivity index (χ1v) is 14.0. The van der Waals surface area contributed by atoms with Crippen molar-refractivity contribution >= 4 is 27.4 Å². The third kappa shape index (κ3) is 5.88. The molecule has 1 amide bonds. The fourth-order valence-electron chi connectivity index (χ4n) is 4.16. The minimum Gasteiger partial charge on any atom is -0.474 e. The second kappa shape index (κ2) is 11.4. The quantitative estimate of drug-likeness (QED) is 0.471. The maximum atomic E-state index is 14.8. The minimum absolute atomic E-state index is 0.000677. The van der Waals surface area contributed by atoms with E-state index in [1.165, 1.54) is 18.5 Å². The summed E-state index contributed by atoms with van der Waals surface area (Å²) in [6.45, 7) is 5.31. The number of likely N-dealkylation sites (tertiary alicyclic amines) is 1. The molecule has 1 saturated heterocycles. The van der Waals surface area contributed by atoms with Crippen LogP contribution in [-0.2, 0) is 14.6 Å². The summed E-state index contributed by atoms with van der Waals surface area (Å²) < 4.78 is 51.4. The van der Waals surface area contributed by atoms with E-state index in [9.17, 15) is 17.6 Å². The van der Waals surface area contributed by atoms with Gasteiger partial charge in [0, 0.05) is 25.9 Å². The van der Waals surface area contributed by atoms with Crippen molar-refractivity contribution in [1.29, 1.82) is 0 Å². The zero-order chi connectivity index (χ0) is 25.7. The third-order valence-electron chi connectivity index (χ3n) is 6.75. The summed E-state index contributed by atoms with van der Waals surface area (Å²) in [6, 6.07) is 3.90. The van der Waals surface area contributed by atoms with Crippen molar-refractivity contribution in [3.05, 3.63) is 35.9 Å². The van der Waals surface area contributed by atoms with Crippen LogP contribution in [0.25, 0.3) is 0 Å². The van der Waals surface area contributed by atoms with E-state index in [1.54, 1.807) is 11.8 Å². The lowest BCUT2D eigenvalue weighted by molar-refractivity contribution is 0.0653. The van der Waals surface area contributed by atoms with Crippen molar-refractivity contribution in [3.63, 3.8) is 0 Å². The lowest BCUT2D eigenvalue weighted by Gasteiger charge is -2.31. The Balaban J connectivity index is 1.37. The zero-order valence-corrected chi connectivity index (χ0v) is 21.5. The fourth-order valence-corrected chi connectivity index (χ4v) is 6.03. The normalized spacial score (nSPS) is 16.9. The monoisotopic (exact) mass is 520 g/mol. The molecular formula is C25H33FN4O5S. The van der Waals surface area contributed by atoms with Gasteiger partial charge >= 0.3 is 6.09 Å². The first-order chi connectivity index (χ1) is 17.3. The van der Waals surface area contributed by atoms with E-state index in [0.717, 1.165) is 25.3 Å². The van der Waals surface area contributed by atoms with Gasteiger partial charge in [0.05, 0.1) is 28.0 Å². The number of rotatable bonds is 9. The SMILES string of the molecule is CCCCOC(=O)N1CCC(Oc2ncnc(Nc3ccc(S(=O)(=O)C4CCC4)cc3F)c2C)CC1. The number of halogens is 1. The summed E-state index contributed by atoms with van der Waals surface area (Å²) in [7, 11) is -3.51.